The van der Waals surface area contributed by atoms with E-state index in [1.165, 1.54) is 4.90 Å². The molecule has 0 bridgehead atoms. The first-order valence-corrected chi connectivity index (χ1v) is 12.6. The monoisotopic (exact) mass is 491 g/mol. The first-order valence-electron chi connectivity index (χ1n) is 12.6. The summed E-state index contributed by atoms with van der Waals surface area (Å²) in [5.41, 5.74) is 2.05. The van der Waals surface area contributed by atoms with Gasteiger partial charge >= 0.3 is 6.03 Å². The minimum atomic E-state index is -0.779. The van der Waals surface area contributed by atoms with Crippen molar-refractivity contribution in [3.63, 3.8) is 0 Å². The SMILES string of the molecule is Cc1ccc(N2C(=O)C3OC4CCCCC4C3N(CC(=O)Nc3ccc4c(c3)OCCO4)C2=O)cc1. The second kappa shape index (κ2) is 9.13. The normalized spacial score (nSPS) is 26.9. The Hall–Kier alpha value is -3.59. The van der Waals surface area contributed by atoms with Crippen LogP contribution in [-0.4, -0.2) is 60.8 Å². The molecular formula is C27H29N3O6. The summed E-state index contributed by atoms with van der Waals surface area (Å²) in [5, 5.41) is 2.87. The van der Waals surface area contributed by atoms with Gasteiger partial charge in [-0.15, -0.1) is 0 Å². The lowest BCUT2D eigenvalue weighted by molar-refractivity contribution is -0.133. The molecule has 4 atom stereocenters. The quantitative estimate of drug-likeness (QED) is 0.703. The number of aryl methyl sites for hydroxylation is 1. The van der Waals surface area contributed by atoms with Crippen molar-refractivity contribution in [3.8, 4) is 11.5 Å². The number of imide groups is 1. The highest BCUT2D eigenvalue weighted by Crippen LogP contribution is 2.43. The average Bonchev–Trinajstić information content (AvgIpc) is 3.28. The van der Waals surface area contributed by atoms with E-state index >= 15 is 0 Å². The van der Waals surface area contributed by atoms with Crippen molar-refractivity contribution in [1.82, 2.24) is 4.90 Å². The van der Waals surface area contributed by atoms with Crippen LogP contribution in [0.15, 0.2) is 42.5 Å². The number of hydrogen-bond donors (Lipinski definition) is 1. The van der Waals surface area contributed by atoms with Crippen LogP contribution in [0.1, 0.15) is 31.2 Å². The molecule has 3 fully saturated rings. The highest BCUT2D eigenvalue weighted by atomic mass is 16.6. The number of nitrogens with one attached hydrogen (secondary N) is 1. The summed E-state index contributed by atoms with van der Waals surface area (Å²) in [4.78, 5) is 43.2. The maximum Gasteiger partial charge on any atom is 0.332 e. The minimum absolute atomic E-state index is 0.0407. The largest absolute Gasteiger partial charge is 0.486 e. The van der Waals surface area contributed by atoms with Crippen molar-refractivity contribution in [3.05, 3.63) is 48.0 Å². The molecule has 3 heterocycles. The molecule has 0 radical (unpaired) electrons. The van der Waals surface area contributed by atoms with Crippen LogP contribution in [0.2, 0.25) is 0 Å². The summed E-state index contributed by atoms with van der Waals surface area (Å²) in [6.07, 6.45) is 2.94. The molecule has 2 aromatic carbocycles. The van der Waals surface area contributed by atoms with Crippen LogP contribution in [-0.2, 0) is 14.3 Å². The second-order valence-corrected chi connectivity index (χ2v) is 9.86. The van der Waals surface area contributed by atoms with Gasteiger partial charge in [0.1, 0.15) is 19.8 Å². The Labute approximate surface area is 209 Å². The first kappa shape index (κ1) is 22.8. The summed E-state index contributed by atoms with van der Waals surface area (Å²) in [6.45, 7) is 2.69. The third kappa shape index (κ3) is 3.97. The maximum atomic E-state index is 13.8. The Balaban J connectivity index is 1.28. The lowest BCUT2D eigenvalue weighted by Gasteiger charge is -2.42. The van der Waals surface area contributed by atoms with Gasteiger partial charge in [-0.3, -0.25) is 9.59 Å². The van der Waals surface area contributed by atoms with Gasteiger partial charge in [0.25, 0.3) is 5.91 Å². The third-order valence-electron chi connectivity index (χ3n) is 7.52. The fourth-order valence-corrected chi connectivity index (χ4v) is 5.84. The number of anilines is 2. The molecular weight excluding hydrogens is 462 g/mol. The third-order valence-corrected chi connectivity index (χ3v) is 7.52. The van der Waals surface area contributed by atoms with Crippen LogP contribution < -0.4 is 19.7 Å². The van der Waals surface area contributed by atoms with Crippen molar-refractivity contribution in [2.75, 3.05) is 30.0 Å². The van der Waals surface area contributed by atoms with Gasteiger partial charge in [-0.05, 0) is 44.0 Å². The molecule has 4 aliphatic rings. The van der Waals surface area contributed by atoms with Crippen molar-refractivity contribution in [1.29, 1.82) is 0 Å². The molecule has 3 aliphatic heterocycles. The van der Waals surface area contributed by atoms with Crippen molar-refractivity contribution in [2.24, 2.45) is 5.92 Å². The number of ether oxygens (including phenoxy) is 3. The van der Waals surface area contributed by atoms with E-state index in [1.54, 1.807) is 30.3 Å². The smallest absolute Gasteiger partial charge is 0.332 e. The molecule has 0 aromatic heterocycles. The number of urea groups is 1. The van der Waals surface area contributed by atoms with Crippen molar-refractivity contribution in [2.45, 2.75) is 50.9 Å². The van der Waals surface area contributed by atoms with Crippen LogP contribution in [0.25, 0.3) is 0 Å². The summed E-state index contributed by atoms with van der Waals surface area (Å²) in [5.74, 6) is 0.535. The lowest BCUT2D eigenvalue weighted by Crippen LogP contribution is -2.65. The van der Waals surface area contributed by atoms with Gasteiger partial charge < -0.3 is 24.4 Å². The van der Waals surface area contributed by atoms with Gasteiger partial charge in [-0.1, -0.05) is 30.5 Å². The highest BCUT2D eigenvalue weighted by Gasteiger charge is 2.58. The average molecular weight is 492 g/mol. The van der Waals surface area contributed by atoms with Crippen molar-refractivity contribution < 1.29 is 28.6 Å². The predicted octanol–water partition coefficient (Wildman–Crippen LogP) is 3.50. The molecule has 9 nitrogen and oxygen atoms in total. The van der Waals surface area contributed by atoms with E-state index in [2.05, 4.69) is 5.32 Å². The fraction of sp³-hybridized carbons (Fsp3) is 0.444. The number of carbonyl (C=O) groups is 3. The van der Waals surface area contributed by atoms with Crippen LogP contribution >= 0.6 is 0 Å². The predicted molar refractivity (Wildman–Crippen MR) is 131 cm³/mol. The summed E-state index contributed by atoms with van der Waals surface area (Å²) in [6, 6.07) is 11.5. The Morgan fingerprint density at radius 1 is 1.00 bits per heavy atom. The standard InChI is InChI=1S/C27H29N3O6/c1-16-6-9-18(10-7-16)30-26(32)25-24(19-4-2-3-5-20(19)36-25)29(27(30)33)15-23(31)28-17-8-11-21-22(14-17)35-13-12-34-21/h6-11,14,19-20,24-25H,2-5,12-13,15H2,1H3,(H,28,31). The van der Waals surface area contributed by atoms with E-state index in [9.17, 15) is 14.4 Å². The van der Waals surface area contributed by atoms with E-state index in [-0.39, 0.29) is 30.4 Å². The summed E-state index contributed by atoms with van der Waals surface area (Å²) < 4.78 is 17.4. The molecule has 0 spiro atoms. The van der Waals surface area contributed by atoms with E-state index < -0.39 is 18.2 Å². The number of benzene rings is 2. The zero-order valence-corrected chi connectivity index (χ0v) is 20.1. The van der Waals surface area contributed by atoms with Gasteiger partial charge in [-0.2, -0.15) is 0 Å². The van der Waals surface area contributed by atoms with Crippen LogP contribution in [0, 0.1) is 12.8 Å². The van der Waals surface area contributed by atoms with Gasteiger partial charge in [0.2, 0.25) is 5.91 Å². The van der Waals surface area contributed by atoms with E-state index in [0.29, 0.717) is 36.1 Å². The van der Waals surface area contributed by atoms with Crippen LogP contribution in [0.5, 0.6) is 11.5 Å². The minimum Gasteiger partial charge on any atom is -0.486 e. The molecule has 1 aliphatic carbocycles. The molecule has 6 rings (SSSR count). The zero-order chi connectivity index (χ0) is 24.8. The molecule has 36 heavy (non-hydrogen) atoms. The number of nitrogens with zero attached hydrogens (tertiary/aromatic N) is 2. The lowest BCUT2D eigenvalue weighted by atomic mass is 9.81. The van der Waals surface area contributed by atoms with E-state index in [1.807, 2.05) is 19.1 Å². The van der Waals surface area contributed by atoms with Gasteiger partial charge in [-0.25, -0.2) is 9.69 Å². The Morgan fingerprint density at radius 3 is 2.56 bits per heavy atom. The topological polar surface area (TPSA) is 97.4 Å². The first-order chi connectivity index (χ1) is 17.5. The van der Waals surface area contributed by atoms with Gasteiger partial charge in [0, 0.05) is 17.7 Å². The van der Waals surface area contributed by atoms with Gasteiger partial charge in [0.15, 0.2) is 17.6 Å². The van der Waals surface area contributed by atoms with Crippen LogP contribution in [0.3, 0.4) is 0 Å². The number of hydrogen-bond acceptors (Lipinski definition) is 6. The molecule has 2 aromatic rings. The molecule has 4 amide bonds. The molecule has 2 saturated heterocycles. The second-order valence-electron chi connectivity index (χ2n) is 9.86. The van der Waals surface area contributed by atoms with E-state index in [0.717, 1.165) is 36.1 Å². The summed E-state index contributed by atoms with van der Waals surface area (Å²) in [7, 11) is 0. The molecule has 1 N–H and O–H groups in total. The maximum absolute atomic E-state index is 13.8. The fourth-order valence-electron chi connectivity index (χ4n) is 5.84. The Morgan fingerprint density at radius 2 is 1.75 bits per heavy atom. The molecule has 1 saturated carbocycles. The number of amides is 4. The molecule has 188 valence electrons. The van der Waals surface area contributed by atoms with Crippen LogP contribution in [0.4, 0.5) is 16.2 Å². The summed E-state index contributed by atoms with van der Waals surface area (Å²) >= 11 is 0. The van der Waals surface area contributed by atoms with E-state index in [4.69, 9.17) is 14.2 Å². The Kier molecular flexibility index (Phi) is 5.79. The van der Waals surface area contributed by atoms with Crippen molar-refractivity contribution >= 4 is 29.2 Å². The van der Waals surface area contributed by atoms with Gasteiger partial charge in [0.05, 0.1) is 17.8 Å². The Bertz CT molecular complexity index is 1200. The number of rotatable bonds is 4. The number of fused-ring (bicyclic) bond motifs is 4. The molecule has 9 heteroatoms. The zero-order valence-electron chi connectivity index (χ0n) is 20.1. The highest BCUT2D eigenvalue weighted by molar-refractivity contribution is 6.18. The number of carbonyl (C=O) groups excluding carboxylic acids is 3. The molecule has 4 unspecified atom stereocenters.